The Labute approximate surface area is 104 Å². The van der Waals surface area contributed by atoms with Gasteiger partial charge in [-0.1, -0.05) is 6.07 Å². The smallest absolute Gasteiger partial charge is 0.306 e. The Balaban J connectivity index is 1.92. The van der Waals surface area contributed by atoms with Crippen LogP contribution in [0, 0.1) is 5.92 Å². The summed E-state index contributed by atoms with van der Waals surface area (Å²) >= 11 is 0. The van der Waals surface area contributed by atoms with Crippen molar-refractivity contribution >= 4 is 5.97 Å². The lowest BCUT2D eigenvalue weighted by atomic mass is 9.90. The molecule has 18 heavy (non-hydrogen) atoms. The molecule has 0 radical (unpaired) electrons. The van der Waals surface area contributed by atoms with Crippen molar-refractivity contribution in [3.8, 4) is 11.5 Å². The van der Waals surface area contributed by atoms with Crippen LogP contribution in [-0.2, 0) is 17.6 Å². The van der Waals surface area contributed by atoms with Crippen molar-refractivity contribution in [2.24, 2.45) is 5.92 Å². The molecule has 92 valence electrons. The summed E-state index contributed by atoms with van der Waals surface area (Å²) in [6.07, 6.45) is 3.63. The summed E-state index contributed by atoms with van der Waals surface area (Å²) in [6.45, 7) is 0. The molecule has 1 aliphatic carbocycles. The predicted molar refractivity (Wildman–Crippen MR) is 65.0 cm³/mol. The van der Waals surface area contributed by atoms with Crippen LogP contribution < -0.4 is 0 Å². The molecule has 0 saturated heterocycles. The molecule has 1 aliphatic rings. The zero-order valence-corrected chi connectivity index (χ0v) is 9.76. The first-order chi connectivity index (χ1) is 8.74. The third-order valence-electron chi connectivity index (χ3n) is 3.30. The van der Waals surface area contributed by atoms with Crippen LogP contribution in [-0.4, -0.2) is 26.0 Å². The van der Waals surface area contributed by atoms with Crippen LogP contribution >= 0.6 is 0 Å². The SMILES string of the molecule is O=C(O)C1CCc2nc(-c3ccccn3)[nH]c2C1. The van der Waals surface area contributed by atoms with Gasteiger partial charge in [-0.2, -0.15) is 0 Å². The summed E-state index contributed by atoms with van der Waals surface area (Å²) in [5.74, 6) is -0.296. The summed E-state index contributed by atoms with van der Waals surface area (Å²) in [6, 6.07) is 5.65. The maximum Gasteiger partial charge on any atom is 0.306 e. The second-order valence-corrected chi connectivity index (χ2v) is 4.50. The number of rotatable bonds is 2. The number of pyridine rings is 1. The minimum absolute atomic E-state index is 0.297. The molecule has 2 aromatic heterocycles. The minimum Gasteiger partial charge on any atom is -0.481 e. The summed E-state index contributed by atoms with van der Waals surface area (Å²) in [7, 11) is 0. The number of carbonyl (C=O) groups is 1. The molecule has 0 aromatic carbocycles. The van der Waals surface area contributed by atoms with Gasteiger partial charge in [-0.05, 0) is 25.0 Å². The van der Waals surface area contributed by atoms with E-state index in [4.69, 9.17) is 5.11 Å². The van der Waals surface area contributed by atoms with Gasteiger partial charge in [0.05, 0.1) is 11.6 Å². The first-order valence-corrected chi connectivity index (χ1v) is 5.96. The van der Waals surface area contributed by atoms with Gasteiger partial charge in [-0.15, -0.1) is 0 Å². The Hall–Kier alpha value is -2.17. The van der Waals surface area contributed by atoms with E-state index in [0.717, 1.165) is 29.3 Å². The van der Waals surface area contributed by atoms with Crippen LogP contribution in [0.25, 0.3) is 11.5 Å². The molecule has 0 bridgehead atoms. The highest BCUT2D eigenvalue weighted by Crippen LogP contribution is 2.26. The van der Waals surface area contributed by atoms with Gasteiger partial charge in [0.1, 0.15) is 5.69 Å². The number of hydrogen-bond donors (Lipinski definition) is 2. The molecule has 3 rings (SSSR count). The molecule has 0 fully saturated rings. The molecule has 2 heterocycles. The Kier molecular flexibility index (Phi) is 2.59. The lowest BCUT2D eigenvalue weighted by Gasteiger charge is -2.16. The van der Waals surface area contributed by atoms with Crippen molar-refractivity contribution in [1.29, 1.82) is 0 Å². The number of aromatic nitrogens is 3. The van der Waals surface area contributed by atoms with Gasteiger partial charge in [-0.25, -0.2) is 4.98 Å². The Morgan fingerprint density at radius 2 is 2.33 bits per heavy atom. The topological polar surface area (TPSA) is 78.9 Å². The third-order valence-corrected chi connectivity index (χ3v) is 3.30. The van der Waals surface area contributed by atoms with Crippen LogP contribution in [0.2, 0.25) is 0 Å². The molecule has 1 atom stereocenters. The van der Waals surface area contributed by atoms with E-state index in [1.54, 1.807) is 6.20 Å². The fourth-order valence-electron chi connectivity index (χ4n) is 2.32. The quantitative estimate of drug-likeness (QED) is 0.840. The molecule has 2 aromatic rings. The summed E-state index contributed by atoms with van der Waals surface area (Å²) < 4.78 is 0. The Morgan fingerprint density at radius 3 is 3.06 bits per heavy atom. The number of fused-ring (bicyclic) bond motifs is 1. The molecular weight excluding hydrogens is 230 g/mol. The maximum atomic E-state index is 11.0. The zero-order valence-electron chi connectivity index (χ0n) is 9.76. The van der Waals surface area contributed by atoms with Crippen molar-refractivity contribution < 1.29 is 9.90 Å². The largest absolute Gasteiger partial charge is 0.481 e. The predicted octanol–water partition coefficient (Wildman–Crippen LogP) is 1.66. The number of H-pyrrole nitrogens is 1. The van der Waals surface area contributed by atoms with E-state index in [-0.39, 0.29) is 5.92 Å². The number of imidazole rings is 1. The molecule has 0 amide bonds. The second-order valence-electron chi connectivity index (χ2n) is 4.50. The average molecular weight is 243 g/mol. The van der Waals surface area contributed by atoms with Gasteiger partial charge < -0.3 is 10.1 Å². The number of aliphatic carboxylic acids is 1. The van der Waals surface area contributed by atoms with E-state index in [9.17, 15) is 4.79 Å². The summed E-state index contributed by atoms with van der Waals surface area (Å²) in [4.78, 5) is 22.9. The van der Waals surface area contributed by atoms with Crippen LogP contribution in [0.3, 0.4) is 0 Å². The fourth-order valence-corrected chi connectivity index (χ4v) is 2.32. The van der Waals surface area contributed by atoms with E-state index >= 15 is 0 Å². The molecule has 0 aliphatic heterocycles. The van der Waals surface area contributed by atoms with Gasteiger partial charge in [0, 0.05) is 18.3 Å². The number of aryl methyl sites for hydroxylation is 1. The molecular formula is C13H13N3O2. The average Bonchev–Trinajstić information content (AvgIpc) is 2.82. The van der Waals surface area contributed by atoms with Crippen molar-refractivity contribution in [2.75, 3.05) is 0 Å². The van der Waals surface area contributed by atoms with E-state index in [1.807, 2.05) is 18.2 Å². The van der Waals surface area contributed by atoms with Gasteiger partial charge in [-0.3, -0.25) is 9.78 Å². The fraction of sp³-hybridized carbons (Fsp3) is 0.308. The molecule has 5 heteroatoms. The first-order valence-electron chi connectivity index (χ1n) is 5.96. The van der Waals surface area contributed by atoms with Gasteiger partial charge >= 0.3 is 5.97 Å². The molecule has 0 spiro atoms. The summed E-state index contributed by atoms with van der Waals surface area (Å²) in [5, 5.41) is 9.04. The highest BCUT2D eigenvalue weighted by Gasteiger charge is 2.27. The second kappa shape index (κ2) is 4.25. The normalized spacial score (nSPS) is 18.3. The number of aromatic amines is 1. The highest BCUT2D eigenvalue weighted by molar-refractivity contribution is 5.70. The third kappa shape index (κ3) is 1.88. The molecule has 2 N–H and O–H groups in total. The standard InChI is InChI=1S/C13H13N3O2/c17-13(18)8-4-5-9-11(7-8)16-12(15-9)10-3-1-2-6-14-10/h1-3,6,8H,4-5,7H2,(H,15,16)(H,17,18). The highest BCUT2D eigenvalue weighted by atomic mass is 16.4. The Bertz CT molecular complexity index is 577. The van der Waals surface area contributed by atoms with Crippen LogP contribution in [0.4, 0.5) is 0 Å². The monoisotopic (exact) mass is 243 g/mol. The van der Waals surface area contributed by atoms with E-state index in [0.29, 0.717) is 12.8 Å². The number of nitrogens with one attached hydrogen (secondary N) is 1. The van der Waals surface area contributed by atoms with Gasteiger partial charge in [0.15, 0.2) is 5.82 Å². The van der Waals surface area contributed by atoms with Crippen molar-refractivity contribution in [3.63, 3.8) is 0 Å². The summed E-state index contributed by atoms with van der Waals surface area (Å²) in [5.41, 5.74) is 2.71. The minimum atomic E-state index is -0.727. The van der Waals surface area contributed by atoms with Gasteiger partial charge in [0.25, 0.3) is 0 Å². The maximum absolute atomic E-state index is 11.0. The first kappa shape index (κ1) is 11.0. The van der Waals surface area contributed by atoms with E-state index < -0.39 is 5.97 Å². The van der Waals surface area contributed by atoms with E-state index in [2.05, 4.69) is 15.0 Å². The number of carboxylic acid groups (broad SMARTS) is 1. The number of hydrogen-bond acceptors (Lipinski definition) is 3. The molecule has 0 saturated carbocycles. The molecule has 5 nitrogen and oxygen atoms in total. The lowest BCUT2D eigenvalue weighted by Crippen LogP contribution is -2.22. The van der Waals surface area contributed by atoms with Crippen LogP contribution in [0.1, 0.15) is 17.8 Å². The zero-order chi connectivity index (χ0) is 12.5. The Morgan fingerprint density at radius 1 is 1.44 bits per heavy atom. The van der Waals surface area contributed by atoms with Crippen molar-refractivity contribution in [3.05, 3.63) is 35.8 Å². The van der Waals surface area contributed by atoms with Crippen molar-refractivity contribution in [2.45, 2.75) is 19.3 Å². The van der Waals surface area contributed by atoms with Gasteiger partial charge in [0.2, 0.25) is 0 Å². The van der Waals surface area contributed by atoms with Crippen molar-refractivity contribution in [1.82, 2.24) is 15.0 Å². The van der Waals surface area contributed by atoms with Crippen LogP contribution in [0.5, 0.6) is 0 Å². The number of carboxylic acids is 1. The lowest BCUT2D eigenvalue weighted by molar-refractivity contribution is -0.142. The number of nitrogens with zero attached hydrogens (tertiary/aromatic N) is 2. The van der Waals surface area contributed by atoms with Crippen LogP contribution in [0.15, 0.2) is 24.4 Å². The van der Waals surface area contributed by atoms with E-state index in [1.165, 1.54) is 0 Å². The molecule has 1 unspecified atom stereocenters.